The average molecular weight is 512 g/mol. The first kappa shape index (κ1) is 27.4. The summed E-state index contributed by atoms with van der Waals surface area (Å²) in [7, 11) is 0. The lowest BCUT2D eigenvalue weighted by atomic mass is 9.83. The lowest BCUT2D eigenvalue weighted by molar-refractivity contribution is -0.114. The minimum Gasteiger partial charge on any atom is -0.465 e. The number of thiazole rings is 1. The maximum absolute atomic E-state index is 12.4. The SMILES string of the molecule is CC(=O)Nc1nc(CCc2ccc(NC(NC(=O)O)(N(C(=O)O)C(C)(C)C)C(C)(C)C)s2)cs1. The molecule has 0 radical (unpaired) electrons. The van der Waals surface area contributed by atoms with Gasteiger partial charge in [0.15, 0.2) is 5.13 Å². The van der Waals surface area contributed by atoms with Gasteiger partial charge < -0.3 is 20.8 Å². The normalized spacial score (nSPS) is 13.6. The third kappa shape index (κ3) is 6.60. The number of carbonyl (C=O) groups is 3. The number of amides is 3. The van der Waals surface area contributed by atoms with E-state index in [1.165, 1.54) is 29.6 Å². The maximum Gasteiger partial charge on any atom is 0.411 e. The van der Waals surface area contributed by atoms with E-state index in [1.807, 2.05) is 17.5 Å². The highest BCUT2D eigenvalue weighted by Gasteiger charge is 2.54. The first-order valence-corrected chi connectivity index (χ1v) is 12.4. The Labute approximate surface area is 207 Å². The second kappa shape index (κ2) is 10.2. The van der Waals surface area contributed by atoms with E-state index in [2.05, 4.69) is 20.9 Å². The van der Waals surface area contributed by atoms with Crippen LogP contribution in [0.2, 0.25) is 0 Å². The predicted octanol–water partition coefficient (Wildman–Crippen LogP) is 5.11. The molecule has 2 aromatic heterocycles. The van der Waals surface area contributed by atoms with E-state index in [1.54, 1.807) is 41.5 Å². The molecular weight excluding hydrogens is 478 g/mol. The molecule has 0 spiro atoms. The first-order valence-electron chi connectivity index (χ1n) is 10.7. The third-order valence-corrected chi connectivity index (χ3v) is 6.87. The molecular formula is C22H33N5O5S2. The van der Waals surface area contributed by atoms with E-state index in [9.17, 15) is 24.6 Å². The van der Waals surface area contributed by atoms with E-state index < -0.39 is 28.9 Å². The molecule has 0 saturated carbocycles. The highest BCUT2D eigenvalue weighted by Crippen LogP contribution is 2.40. The van der Waals surface area contributed by atoms with Crippen molar-refractivity contribution in [3.63, 3.8) is 0 Å². The Hall–Kier alpha value is -2.86. The van der Waals surface area contributed by atoms with Crippen LogP contribution in [0.5, 0.6) is 0 Å². The van der Waals surface area contributed by atoms with E-state index in [-0.39, 0.29) is 5.91 Å². The second-order valence-corrected chi connectivity index (χ2v) is 11.9. The summed E-state index contributed by atoms with van der Waals surface area (Å²) in [6, 6.07) is 3.74. The van der Waals surface area contributed by atoms with Gasteiger partial charge in [-0.3, -0.25) is 15.0 Å². The molecule has 5 N–H and O–H groups in total. The van der Waals surface area contributed by atoms with Crippen molar-refractivity contribution in [2.75, 3.05) is 10.6 Å². The Balaban J connectivity index is 2.32. The van der Waals surface area contributed by atoms with Crippen molar-refractivity contribution in [3.8, 4) is 0 Å². The number of thiophene rings is 1. The first-order chi connectivity index (χ1) is 15.5. The van der Waals surface area contributed by atoms with Crippen LogP contribution in [0.15, 0.2) is 17.5 Å². The van der Waals surface area contributed by atoms with Gasteiger partial charge in [0, 0.05) is 28.1 Å². The van der Waals surface area contributed by atoms with Crippen LogP contribution < -0.4 is 16.0 Å². The van der Waals surface area contributed by atoms with Crippen molar-refractivity contribution in [2.24, 2.45) is 5.41 Å². The monoisotopic (exact) mass is 511 g/mol. The lowest BCUT2D eigenvalue weighted by Gasteiger charge is -2.55. The quantitative estimate of drug-likeness (QED) is 0.310. The summed E-state index contributed by atoms with van der Waals surface area (Å²) in [5.74, 6) is -1.81. The Morgan fingerprint density at radius 3 is 2.21 bits per heavy atom. The molecule has 34 heavy (non-hydrogen) atoms. The third-order valence-electron chi connectivity index (χ3n) is 5.00. The number of rotatable bonds is 8. The molecule has 3 amide bonds. The van der Waals surface area contributed by atoms with Gasteiger partial charge in [-0.05, 0) is 45.7 Å². The molecule has 0 aliphatic heterocycles. The number of hydrogen-bond donors (Lipinski definition) is 5. The minimum absolute atomic E-state index is 0.169. The van der Waals surface area contributed by atoms with E-state index in [0.717, 1.165) is 15.5 Å². The summed E-state index contributed by atoms with van der Waals surface area (Å²) in [5.41, 5.74) is -0.912. The molecule has 1 atom stereocenters. The molecule has 0 bridgehead atoms. The lowest BCUT2D eigenvalue weighted by Crippen LogP contribution is -2.76. The van der Waals surface area contributed by atoms with Crippen LogP contribution in [-0.4, -0.2) is 49.5 Å². The van der Waals surface area contributed by atoms with Crippen LogP contribution in [0.4, 0.5) is 19.7 Å². The zero-order valence-corrected chi connectivity index (χ0v) is 22.1. The molecule has 0 aliphatic rings. The van der Waals surface area contributed by atoms with Crippen molar-refractivity contribution >= 4 is 50.9 Å². The molecule has 0 saturated heterocycles. The molecule has 0 fully saturated rings. The van der Waals surface area contributed by atoms with Gasteiger partial charge in [0.1, 0.15) is 0 Å². The Bertz CT molecular complexity index is 1040. The molecule has 10 nitrogen and oxygen atoms in total. The number of nitrogens with one attached hydrogen (secondary N) is 3. The standard InChI is InChI=1S/C22H33N5O5S2/c1-13(28)23-17-24-14(12-33-17)8-9-15-10-11-16(34-15)25-22(20(2,3)4,26-18(29)30)27(19(31)32)21(5,6)7/h10-12,25-26H,8-9H2,1-7H3,(H,29,30)(H,31,32)(H,23,24,28). The van der Waals surface area contributed by atoms with Crippen LogP contribution in [0.25, 0.3) is 0 Å². The molecule has 188 valence electrons. The second-order valence-electron chi connectivity index (χ2n) is 9.90. The van der Waals surface area contributed by atoms with Crippen LogP contribution in [0.1, 0.15) is 59.0 Å². The topological polar surface area (TPSA) is 144 Å². The minimum atomic E-state index is -1.65. The highest BCUT2D eigenvalue weighted by atomic mass is 32.1. The van der Waals surface area contributed by atoms with Gasteiger partial charge >= 0.3 is 12.2 Å². The predicted molar refractivity (Wildman–Crippen MR) is 135 cm³/mol. The fourth-order valence-electron chi connectivity index (χ4n) is 3.58. The van der Waals surface area contributed by atoms with Crippen molar-refractivity contribution in [2.45, 2.75) is 72.6 Å². The molecule has 2 aromatic rings. The molecule has 0 aromatic carbocycles. The molecule has 0 aliphatic carbocycles. The largest absolute Gasteiger partial charge is 0.465 e. The van der Waals surface area contributed by atoms with Crippen LogP contribution in [-0.2, 0) is 17.6 Å². The van der Waals surface area contributed by atoms with E-state index in [0.29, 0.717) is 23.0 Å². The Morgan fingerprint density at radius 1 is 1.06 bits per heavy atom. The number of nitrogens with zero attached hydrogens (tertiary/aromatic N) is 2. The summed E-state index contributed by atoms with van der Waals surface area (Å²) in [6.07, 6.45) is -1.24. The summed E-state index contributed by atoms with van der Waals surface area (Å²) >= 11 is 2.79. The smallest absolute Gasteiger partial charge is 0.411 e. The zero-order chi connectivity index (χ0) is 25.9. The van der Waals surface area contributed by atoms with E-state index >= 15 is 0 Å². The Kier molecular flexibility index (Phi) is 8.20. The molecule has 2 rings (SSSR count). The van der Waals surface area contributed by atoms with Crippen LogP contribution in [0, 0.1) is 5.41 Å². The Morgan fingerprint density at radius 2 is 1.71 bits per heavy atom. The fourth-order valence-corrected chi connectivity index (χ4v) is 5.33. The number of carboxylic acid groups (broad SMARTS) is 2. The van der Waals surface area contributed by atoms with E-state index in [4.69, 9.17) is 0 Å². The van der Waals surface area contributed by atoms with Gasteiger partial charge in [-0.2, -0.15) is 0 Å². The summed E-state index contributed by atoms with van der Waals surface area (Å²) < 4.78 is 0. The average Bonchev–Trinajstić information content (AvgIpc) is 3.25. The highest BCUT2D eigenvalue weighted by molar-refractivity contribution is 7.16. The number of anilines is 2. The van der Waals surface area contributed by atoms with Gasteiger partial charge in [0.25, 0.3) is 0 Å². The van der Waals surface area contributed by atoms with Crippen molar-refractivity contribution < 1.29 is 24.6 Å². The molecule has 1 unspecified atom stereocenters. The summed E-state index contributed by atoms with van der Waals surface area (Å²) in [4.78, 5) is 41.9. The van der Waals surface area contributed by atoms with Crippen molar-refractivity contribution in [1.29, 1.82) is 0 Å². The molecule has 2 heterocycles. The number of aryl methyl sites for hydroxylation is 2. The van der Waals surface area contributed by atoms with Gasteiger partial charge in [-0.15, -0.1) is 22.7 Å². The van der Waals surface area contributed by atoms with Crippen LogP contribution in [0.3, 0.4) is 0 Å². The maximum atomic E-state index is 12.4. The summed E-state index contributed by atoms with van der Waals surface area (Å²) in [5, 5.41) is 31.2. The number of aromatic nitrogens is 1. The molecule has 12 heteroatoms. The van der Waals surface area contributed by atoms with Gasteiger partial charge in [0.05, 0.1) is 10.7 Å². The van der Waals surface area contributed by atoms with Crippen molar-refractivity contribution in [1.82, 2.24) is 15.2 Å². The number of hydrogen-bond acceptors (Lipinski definition) is 7. The fraction of sp³-hybridized carbons (Fsp3) is 0.545. The van der Waals surface area contributed by atoms with Gasteiger partial charge in [-0.1, -0.05) is 20.8 Å². The van der Waals surface area contributed by atoms with Gasteiger partial charge in [0.2, 0.25) is 11.7 Å². The zero-order valence-electron chi connectivity index (χ0n) is 20.5. The van der Waals surface area contributed by atoms with Gasteiger partial charge in [-0.25, -0.2) is 14.6 Å². The van der Waals surface area contributed by atoms with Crippen LogP contribution >= 0.6 is 22.7 Å². The number of carbonyl (C=O) groups excluding carboxylic acids is 1. The summed E-state index contributed by atoms with van der Waals surface area (Å²) in [6.45, 7) is 11.9. The van der Waals surface area contributed by atoms with Crippen molar-refractivity contribution in [3.05, 3.63) is 28.1 Å².